The molecule has 0 spiro atoms. The third-order valence-electron chi connectivity index (χ3n) is 4.53. The average Bonchev–Trinajstić information content (AvgIpc) is 2.60. The van der Waals surface area contributed by atoms with E-state index in [2.05, 4.69) is 18.0 Å². The van der Waals surface area contributed by atoms with Crippen molar-refractivity contribution < 1.29 is 10.5 Å². The molecule has 0 fully saturated rings. The Bertz CT molecular complexity index is 419. The Balaban J connectivity index is 1.94. The molecular formula is C21H37N2O+. The number of rotatable bonds is 14. The highest BCUT2D eigenvalue weighted by atomic mass is 16.2. The maximum Gasteiger partial charge on any atom is 0.278 e. The number of hydrogen-bond donors (Lipinski definition) is 2. The number of carbonyl (C=O) groups is 1. The van der Waals surface area contributed by atoms with Gasteiger partial charge in [0.05, 0.1) is 0 Å². The van der Waals surface area contributed by atoms with Crippen molar-refractivity contribution in [1.82, 2.24) is 5.32 Å². The van der Waals surface area contributed by atoms with Gasteiger partial charge < -0.3 is 11.1 Å². The van der Waals surface area contributed by atoms with Gasteiger partial charge in [0.15, 0.2) is 6.04 Å². The third-order valence-corrected chi connectivity index (χ3v) is 4.53. The zero-order valence-electron chi connectivity index (χ0n) is 15.6. The molecule has 1 aromatic rings. The lowest BCUT2D eigenvalue weighted by atomic mass is 10.1. The number of benzene rings is 1. The van der Waals surface area contributed by atoms with E-state index in [-0.39, 0.29) is 11.9 Å². The molecule has 0 aliphatic carbocycles. The van der Waals surface area contributed by atoms with Crippen LogP contribution in [0.4, 0.5) is 0 Å². The predicted molar refractivity (Wildman–Crippen MR) is 102 cm³/mol. The number of nitrogens with one attached hydrogen (secondary N) is 1. The summed E-state index contributed by atoms with van der Waals surface area (Å²) in [4.78, 5) is 12.0. The van der Waals surface area contributed by atoms with E-state index < -0.39 is 0 Å². The first kappa shape index (κ1) is 20.7. The topological polar surface area (TPSA) is 56.7 Å². The van der Waals surface area contributed by atoms with Gasteiger partial charge in [-0.1, -0.05) is 95.0 Å². The maximum absolute atomic E-state index is 12.0. The summed E-state index contributed by atoms with van der Waals surface area (Å²) in [6.07, 6.45) is 13.9. The summed E-state index contributed by atoms with van der Waals surface area (Å²) in [5.41, 5.74) is 5.16. The summed E-state index contributed by atoms with van der Waals surface area (Å²) in [6.45, 7) is 3.05. The Morgan fingerprint density at radius 3 is 2.04 bits per heavy atom. The van der Waals surface area contributed by atoms with Gasteiger partial charge in [-0.15, -0.1) is 0 Å². The molecule has 0 saturated carbocycles. The van der Waals surface area contributed by atoms with Crippen molar-refractivity contribution in [3.63, 3.8) is 0 Å². The van der Waals surface area contributed by atoms with Crippen LogP contribution in [0.5, 0.6) is 0 Å². The molecule has 136 valence electrons. The van der Waals surface area contributed by atoms with E-state index in [1.807, 2.05) is 30.3 Å². The van der Waals surface area contributed by atoms with Crippen molar-refractivity contribution in [3.05, 3.63) is 35.9 Å². The van der Waals surface area contributed by atoms with Gasteiger partial charge >= 0.3 is 0 Å². The summed E-state index contributed by atoms with van der Waals surface area (Å²) in [5, 5.41) is 3.03. The van der Waals surface area contributed by atoms with Crippen molar-refractivity contribution >= 4 is 5.91 Å². The molecule has 0 aromatic heterocycles. The molecule has 24 heavy (non-hydrogen) atoms. The van der Waals surface area contributed by atoms with Crippen molar-refractivity contribution in [1.29, 1.82) is 0 Å². The molecule has 0 aliphatic rings. The second-order valence-corrected chi connectivity index (χ2v) is 6.86. The lowest BCUT2D eigenvalue weighted by molar-refractivity contribution is -0.403. The van der Waals surface area contributed by atoms with E-state index in [0.29, 0.717) is 6.42 Å². The number of quaternary nitrogens is 1. The first-order valence-electron chi connectivity index (χ1n) is 9.88. The molecule has 0 bridgehead atoms. The summed E-state index contributed by atoms with van der Waals surface area (Å²) < 4.78 is 0. The van der Waals surface area contributed by atoms with Gasteiger partial charge in [0.1, 0.15) is 0 Å². The minimum absolute atomic E-state index is 0.0785. The molecule has 3 nitrogen and oxygen atoms in total. The quantitative estimate of drug-likeness (QED) is 0.499. The van der Waals surface area contributed by atoms with Crippen molar-refractivity contribution in [3.8, 4) is 0 Å². The first-order valence-corrected chi connectivity index (χ1v) is 9.88. The molecule has 1 amide bonds. The molecule has 4 N–H and O–H groups in total. The molecule has 3 heteroatoms. The van der Waals surface area contributed by atoms with Gasteiger partial charge in [0.25, 0.3) is 5.91 Å². The fourth-order valence-corrected chi connectivity index (χ4v) is 2.96. The maximum atomic E-state index is 12.0. The van der Waals surface area contributed by atoms with Crippen molar-refractivity contribution in [2.45, 2.75) is 83.6 Å². The third kappa shape index (κ3) is 10.4. The molecule has 0 heterocycles. The highest BCUT2D eigenvalue weighted by Gasteiger charge is 2.16. The van der Waals surface area contributed by atoms with E-state index in [1.165, 1.54) is 63.4 Å². The first-order chi connectivity index (χ1) is 11.7. The average molecular weight is 334 g/mol. The van der Waals surface area contributed by atoms with Crippen LogP contribution in [0.2, 0.25) is 0 Å². The van der Waals surface area contributed by atoms with Crippen LogP contribution in [0, 0.1) is 0 Å². The van der Waals surface area contributed by atoms with E-state index in [9.17, 15) is 4.79 Å². The number of carbonyl (C=O) groups excluding carboxylic acids is 1. The van der Waals surface area contributed by atoms with Crippen LogP contribution in [0.15, 0.2) is 30.3 Å². The predicted octanol–water partition coefficient (Wildman–Crippen LogP) is 3.88. The minimum Gasteiger partial charge on any atom is -0.351 e. The summed E-state index contributed by atoms with van der Waals surface area (Å²) in [5.74, 6) is 0.0785. The van der Waals surface area contributed by atoms with Crippen molar-refractivity contribution in [2.24, 2.45) is 0 Å². The highest BCUT2D eigenvalue weighted by Crippen LogP contribution is 2.10. The zero-order chi connectivity index (χ0) is 17.5. The van der Waals surface area contributed by atoms with E-state index >= 15 is 0 Å². The van der Waals surface area contributed by atoms with Crippen LogP contribution in [0.3, 0.4) is 0 Å². The highest BCUT2D eigenvalue weighted by molar-refractivity contribution is 5.80. The van der Waals surface area contributed by atoms with Crippen LogP contribution in [0.1, 0.15) is 76.7 Å². The van der Waals surface area contributed by atoms with E-state index in [1.54, 1.807) is 0 Å². The van der Waals surface area contributed by atoms with Crippen molar-refractivity contribution in [2.75, 3.05) is 6.54 Å². The van der Waals surface area contributed by atoms with Gasteiger partial charge in [-0.2, -0.15) is 0 Å². The molecule has 1 unspecified atom stereocenters. The number of amides is 1. The second-order valence-electron chi connectivity index (χ2n) is 6.86. The largest absolute Gasteiger partial charge is 0.351 e. The van der Waals surface area contributed by atoms with Crippen LogP contribution in [0.25, 0.3) is 0 Å². The van der Waals surface area contributed by atoms with Gasteiger partial charge in [-0.3, -0.25) is 4.79 Å². The standard InChI is InChI=1S/C21H36N2O/c1-2-3-4-5-6-7-8-9-10-14-17-23-21(24)20(22)18-19-15-12-11-13-16-19/h11-13,15-16,20H,2-10,14,17-18,22H2,1H3,(H,23,24)/p+1. The molecule has 1 atom stereocenters. The lowest BCUT2D eigenvalue weighted by Crippen LogP contribution is -2.68. The van der Waals surface area contributed by atoms with Gasteiger partial charge in [-0.05, 0) is 12.0 Å². The summed E-state index contributed by atoms with van der Waals surface area (Å²) in [6, 6.07) is 9.90. The summed E-state index contributed by atoms with van der Waals surface area (Å²) >= 11 is 0. The Hall–Kier alpha value is -1.35. The lowest BCUT2D eigenvalue weighted by Gasteiger charge is -2.10. The van der Waals surface area contributed by atoms with Gasteiger partial charge in [-0.25, -0.2) is 0 Å². The van der Waals surface area contributed by atoms with E-state index in [4.69, 9.17) is 0 Å². The Morgan fingerprint density at radius 1 is 0.917 bits per heavy atom. The number of unbranched alkanes of at least 4 members (excludes halogenated alkanes) is 9. The van der Waals surface area contributed by atoms with E-state index in [0.717, 1.165) is 13.0 Å². The van der Waals surface area contributed by atoms with Crippen LogP contribution >= 0.6 is 0 Å². The molecule has 0 aliphatic heterocycles. The number of hydrogen-bond acceptors (Lipinski definition) is 1. The molecule has 0 saturated heterocycles. The van der Waals surface area contributed by atoms with Gasteiger partial charge in [0.2, 0.25) is 0 Å². The Labute approximate surface area is 148 Å². The van der Waals surface area contributed by atoms with Gasteiger partial charge in [0, 0.05) is 13.0 Å². The fourth-order valence-electron chi connectivity index (χ4n) is 2.96. The molecular weight excluding hydrogens is 296 g/mol. The van der Waals surface area contributed by atoms with Crippen LogP contribution in [-0.4, -0.2) is 18.5 Å². The monoisotopic (exact) mass is 333 g/mol. The fraction of sp³-hybridized carbons (Fsp3) is 0.667. The minimum atomic E-state index is -0.199. The second kappa shape index (κ2) is 14.0. The SMILES string of the molecule is CCCCCCCCCCCCNC(=O)C([NH3+])Cc1ccccc1. The summed E-state index contributed by atoms with van der Waals surface area (Å²) in [7, 11) is 0. The zero-order valence-corrected chi connectivity index (χ0v) is 15.6. The molecule has 1 rings (SSSR count). The Kier molecular flexibility index (Phi) is 12.1. The smallest absolute Gasteiger partial charge is 0.278 e. The van der Waals surface area contributed by atoms with Crippen LogP contribution < -0.4 is 11.1 Å². The molecule has 1 aromatic carbocycles. The Morgan fingerprint density at radius 2 is 1.46 bits per heavy atom. The normalized spacial score (nSPS) is 12.1. The van der Waals surface area contributed by atoms with Crippen LogP contribution in [-0.2, 0) is 11.2 Å². The molecule has 0 radical (unpaired) electrons.